The van der Waals surface area contributed by atoms with Gasteiger partial charge in [-0.2, -0.15) is 5.10 Å². The Balaban J connectivity index is 1.49. The SMILES string of the molecule is CC#CCn1c(N2CCCC(N)C2)nc2c(C)nn(Cc3nc(-c4ccccc4)c4ccccc4n3)c(=O)c21. The molecule has 0 amide bonds. The lowest BCUT2D eigenvalue weighted by atomic mass is 10.1. The van der Waals surface area contributed by atoms with Gasteiger partial charge in [0.05, 0.1) is 23.4 Å². The van der Waals surface area contributed by atoms with Gasteiger partial charge in [-0.05, 0) is 32.8 Å². The van der Waals surface area contributed by atoms with Crippen molar-refractivity contribution >= 4 is 27.9 Å². The average Bonchev–Trinajstić information content (AvgIpc) is 3.35. The maximum absolute atomic E-state index is 13.9. The molecular weight excluding hydrogens is 488 g/mol. The van der Waals surface area contributed by atoms with Gasteiger partial charge in [-0.3, -0.25) is 9.36 Å². The molecule has 0 aliphatic carbocycles. The molecule has 6 rings (SSSR count). The van der Waals surface area contributed by atoms with Gasteiger partial charge in [0.2, 0.25) is 5.95 Å². The van der Waals surface area contributed by atoms with Crippen LogP contribution >= 0.6 is 0 Å². The van der Waals surface area contributed by atoms with E-state index in [-0.39, 0.29) is 18.1 Å². The summed E-state index contributed by atoms with van der Waals surface area (Å²) in [5.41, 5.74) is 10.4. The van der Waals surface area contributed by atoms with Gasteiger partial charge in [-0.1, -0.05) is 54.5 Å². The van der Waals surface area contributed by atoms with E-state index in [9.17, 15) is 4.79 Å². The minimum atomic E-state index is -0.244. The van der Waals surface area contributed by atoms with Gasteiger partial charge in [-0.25, -0.2) is 19.6 Å². The van der Waals surface area contributed by atoms with E-state index in [1.54, 1.807) is 6.92 Å². The number of rotatable bonds is 5. The highest BCUT2D eigenvalue weighted by molar-refractivity contribution is 5.92. The molecule has 9 nitrogen and oxygen atoms in total. The van der Waals surface area contributed by atoms with Crippen LogP contribution in [0.1, 0.15) is 31.3 Å². The lowest BCUT2D eigenvalue weighted by Crippen LogP contribution is -2.44. The van der Waals surface area contributed by atoms with Crippen LogP contribution in [0.4, 0.5) is 5.95 Å². The number of para-hydroxylation sites is 1. The van der Waals surface area contributed by atoms with E-state index in [2.05, 4.69) is 21.8 Å². The number of hydrogen-bond acceptors (Lipinski definition) is 7. The molecule has 0 spiro atoms. The van der Waals surface area contributed by atoms with Gasteiger partial charge in [-0.15, -0.1) is 5.92 Å². The number of hydrogen-bond donors (Lipinski definition) is 1. The molecule has 196 valence electrons. The normalized spacial score (nSPS) is 15.5. The molecule has 3 aromatic heterocycles. The van der Waals surface area contributed by atoms with Gasteiger partial charge in [0.25, 0.3) is 5.56 Å². The van der Waals surface area contributed by atoms with Gasteiger partial charge >= 0.3 is 0 Å². The highest BCUT2D eigenvalue weighted by Crippen LogP contribution is 2.27. The summed E-state index contributed by atoms with van der Waals surface area (Å²) in [4.78, 5) is 30.7. The molecule has 1 fully saturated rings. The molecular formula is C30H30N8O. The van der Waals surface area contributed by atoms with E-state index in [1.807, 2.05) is 66.1 Å². The van der Waals surface area contributed by atoms with Crippen LogP contribution in [-0.4, -0.2) is 48.4 Å². The van der Waals surface area contributed by atoms with E-state index >= 15 is 0 Å². The highest BCUT2D eigenvalue weighted by atomic mass is 16.1. The van der Waals surface area contributed by atoms with Crippen molar-refractivity contribution in [2.24, 2.45) is 5.73 Å². The summed E-state index contributed by atoms with van der Waals surface area (Å²) in [6.07, 6.45) is 1.96. The first-order chi connectivity index (χ1) is 19.0. The van der Waals surface area contributed by atoms with Crippen molar-refractivity contribution in [3.05, 3.63) is 76.5 Å². The zero-order chi connectivity index (χ0) is 26.9. The summed E-state index contributed by atoms with van der Waals surface area (Å²) in [5, 5.41) is 5.60. The Morgan fingerprint density at radius 2 is 1.85 bits per heavy atom. The molecule has 5 aromatic rings. The van der Waals surface area contributed by atoms with Crippen molar-refractivity contribution in [2.75, 3.05) is 18.0 Å². The highest BCUT2D eigenvalue weighted by Gasteiger charge is 2.25. The Morgan fingerprint density at radius 1 is 1.05 bits per heavy atom. The van der Waals surface area contributed by atoms with Crippen LogP contribution in [0.25, 0.3) is 33.2 Å². The molecule has 4 heterocycles. The molecule has 1 unspecified atom stereocenters. The van der Waals surface area contributed by atoms with E-state index in [1.165, 1.54) is 4.68 Å². The van der Waals surface area contributed by atoms with Crippen LogP contribution in [0, 0.1) is 18.8 Å². The van der Waals surface area contributed by atoms with Gasteiger partial charge in [0.15, 0.2) is 5.82 Å². The molecule has 2 aromatic carbocycles. The largest absolute Gasteiger partial charge is 0.341 e. The van der Waals surface area contributed by atoms with Crippen molar-refractivity contribution in [2.45, 2.75) is 45.8 Å². The van der Waals surface area contributed by atoms with Crippen LogP contribution in [-0.2, 0) is 13.1 Å². The van der Waals surface area contributed by atoms with Crippen molar-refractivity contribution in [3.63, 3.8) is 0 Å². The minimum Gasteiger partial charge on any atom is -0.341 e. The zero-order valence-electron chi connectivity index (χ0n) is 22.1. The van der Waals surface area contributed by atoms with Crippen LogP contribution in [0.3, 0.4) is 0 Å². The number of imidazole rings is 1. The van der Waals surface area contributed by atoms with Crippen LogP contribution in [0.2, 0.25) is 0 Å². The molecule has 1 atom stereocenters. The number of nitrogens with zero attached hydrogens (tertiary/aromatic N) is 7. The second-order valence-corrected chi connectivity index (χ2v) is 9.89. The van der Waals surface area contributed by atoms with E-state index < -0.39 is 0 Å². The summed E-state index contributed by atoms with van der Waals surface area (Å²) in [6, 6.07) is 18.0. The van der Waals surface area contributed by atoms with Crippen LogP contribution in [0.5, 0.6) is 0 Å². The van der Waals surface area contributed by atoms with Crippen LogP contribution in [0.15, 0.2) is 59.4 Å². The van der Waals surface area contributed by atoms with Crippen molar-refractivity contribution in [3.8, 4) is 23.1 Å². The summed E-state index contributed by atoms with van der Waals surface area (Å²) >= 11 is 0. The molecule has 1 saturated heterocycles. The smallest absolute Gasteiger partial charge is 0.293 e. The number of anilines is 1. The number of aryl methyl sites for hydroxylation is 1. The number of fused-ring (bicyclic) bond motifs is 2. The Bertz CT molecular complexity index is 1800. The molecule has 2 N–H and O–H groups in total. The van der Waals surface area contributed by atoms with Gasteiger partial charge in [0.1, 0.15) is 17.6 Å². The summed E-state index contributed by atoms with van der Waals surface area (Å²) < 4.78 is 3.36. The zero-order valence-corrected chi connectivity index (χ0v) is 22.1. The Kier molecular flexibility index (Phi) is 6.55. The predicted octanol–water partition coefficient (Wildman–Crippen LogP) is 3.51. The molecule has 0 radical (unpaired) electrons. The predicted molar refractivity (Wildman–Crippen MR) is 153 cm³/mol. The number of piperidine rings is 1. The van der Waals surface area contributed by atoms with Crippen LogP contribution < -0.4 is 16.2 Å². The maximum atomic E-state index is 13.9. The molecule has 1 aliphatic rings. The summed E-state index contributed by atoms with van der Waals surface area (Å²) in [6.45, 7) is 5.69. The van der Waals surface area contributed by atoms with E-state index in [0.717, 1.165) is 47.5 Å². The Morgan fingerprint density at radius 3 is 2.64 bits per heavy atom. The summed E-state index contributed by atoms with van der Waals surface area (Å²) in [7, 11) is 0. The van der Waals surface area contributed by atoms with Crippen molar-refractivity contribution in [1.29, 1.82) is 0 Å². The molecule has 1 aliphatic heterocycles. The standard InChI is InChI=1S/C30H30N8O/c1-3-4-17-37-28-26(34-30(37)36-16-10-13-22(31)18-36)20(2)35-38(29(28)39)19-25-32-24-15-9-8-14-23(24)27(33-25)21-11-6-5-7-12-21/h5-9,11-12,14-15,22H,10,13,16-19,31H2,1-2H3. The van der Waals surface area contributed by atoms with Gasteiger partial charge < -0.3 is 10.6 Å². The first-order valence-corrected chi connectivity index (χ1v) is 13.2. The van der Waals surface area contributed by atoms with Crippen molar-refractivity contribution < 1.29 is 0 Å². The van der Waals surface area contributed by atoms with E-state index in [0.29, 0.717) is 35.6 Å². The lowest BCUT2D eigenvalue weighted by molar-refractivity contribution is 0.496. The van der Waals surface area contributed by atoms with E-state index in [4.69, 9.17) is 20.7 Å². The number of aromatic nitrogens is 6. The fourth-order valence-electron chi connectivity index (χ4n) is 5.30. The number of benzene rings is 2. The summed E-state index contributed by atoms with van der Waals surface area (Å²) in [5.74, 6) is 7.30. The second kappa shape index (κ2) is 10.3. The first-order valence-electron chi connectivity index (χ1n) is 13.2. The quantitative estimate of drug-likeness (QED) is 0.355. The fourth-order valence-corrected chi connectivity index (χ4v) is 5.30. The fraction of sp³-hybridized carbons (Fsp3) is 0.300. The van der Waals surface area contributed by atoms with Gasteiger partial charge in [0, 0.05) is 30.1 Å². The molecule has 0 saturated carbocycles. The van der Waals surface area contributed by atoms with Crippen molar-refractivity contribution in [1.82, 2.24) is 29.3 Å². The molecule has 9 heteroatoms. The first kappa shape index (κ1) is 24.8. The third-order valence-electron chi connectivity index (χ3n) is 7.14. The lowest BCUT2D eigenvalue weighted by Gasteiger charge is -2.31. The Labute approximate surface area is 226 Å². The topological polar surface area (TPSA) is 108 Å². The number of nitrogens with two attached hydrogens (primary N) is 1. The maximum Gasteiger partial charge on any atom is 0.293 e. The minimum absolute atomic E-state index is 0.0732. The average molecular weight is 519 g/mol. The Hall–Kier alpha value is -4.55. The third-order valence-corrected chi connectivity index (χ3v) is 7.14. The third kappa shape index (κ3) is 4.64. The monoisotopic (exact) mass is 518 g/mol. The molecule has 39 heavy (non-hydrogen) atoms. The molecule has 0 bridgehead atoms. The second-order valence-electron chi connectivity index (χ2n) is 9.89.